The molecule has 0 saturated heterocycles. The van der Waals surface area contributed by atoms with Crippen molar-refractivity contribution in [1.82, 2.24) is 9.78 Å². The third-order valence-corrected chi connectivity index (χ3v) is 3.19. The highest BCUT2D eigenvalue weighted by Gasteiger charge is 2.13. The van der Waals surface area contributed by atoms with Gasteiger partial charge in [0.2, 0.25) is 0 Å². The fourth-order valence-corrected chi connectivity index (χ4v) is 2.16. The van der Waals surface area contributed by atoms with Gasteiger partial charge in [-0.1, -0.05) is 19.9 Å². The predicted molar refractivity (Wildman–Crippen MR) is 74.0 cm³/mol. The van der Waals surface area contributed by atoms with E-state index in [4.69, 9.17) is 4.74 Å². The summed E-state index contributed by atoms with van der Waals surface area (Å²) in [6.45, 7) is 6.42. The molecule has 18 heavy (non-hydrogen) atoms. The van der Waals surface area contributed by atoms with Crippen LogP contribution in [0.5, 0.6) is 5.75 Å². The summed E-state index contributed by atoms with van der Waals surface area (Å²) in [6.07, 6.45) is 2.04. The smallest absolute Gasteiger partial charge is 0.126 e. The number of aromatic nitrogens is 2. The van der Waals surface area contributed by atoms with Crippen molar-refractivity contribution in [3.05, 3.63) is 35.7 Å². The molecule has 0 aliphatic heterocycles. The van der Waals surface area contributed by atoms with Gasteiger partial charge < -0.3 is 4.74 Å². The lowest BCUT2D eigenvalue weighted by atomic mass is 9.97. The first-order chi connectivity index (χ1) is 8.52. The number of benzene rings is 1. The van der Waals surface area contributed by atoms with Crippen LogP contribution in [0.4, 0.5) is 0 Å². The first-order valence-electron chi connectivity index (χ1n) is 6.21. The lowest BCUT2D eigenvalue weighted by Gasteiger charge is -2.12. The maximum absolute atomic E-state index is 5.46. The van der Waals surface area contributed by atoms with Gasteiger partial charge in [0.25, 0.3) is 0 Å². The largest absolute Gasteiger partial charge is 0.496 e. The van der Waals surface area contributed by atoms with E-state index in [2.05, 4.69) is 31.1 Å². The quantitative estimate of drug-likeness (QED) is 0.826. The lowest BCUT2D eigenvalue weighted by Crippen LogP contribution is -1.93. The molecule has 3 nitrogen and oxygen atoms in total. The van der Waals surface area contributed by atoms with E-state index in [0.717, 1.165) is 22.6 Å². The molecule has 0 aliphatic carbocycles. The van der Waals surface area contributed by atoms with Gasteiger partial charge in [-0.2, -0.15) is 5.10 Å². The van der Waals surface area contributed by atoms with Gasteiger partial charge in [0.15, 0.2) is 0 Å². The van der Waals surface area contributed by atoms with E-state index in [1.165, 1.54) is 5.56 Å². The van der Waals surface area contributed by atoms with Crippen LogP contribution in [0, 0.1) is 6.92 Å². The Morgan fingerprint density at radius 1 is 1.22 bits per heavy atom. The van der Waals surface area contributed by atoms with Crippen molar-refractivity contribution in [2.24, 2.45) is 7.05 Å². The van der Waals surface area contributed by atoms with Crippen LogP contribution in [-0.2, 0) is 7.05 Å². The van der Waals surface area contributed by atoms with Gasteiger partial charge in [-0.15, -0.1) is 0 Å². The topological polar surface area (TPSA) is 27.1 Å². The zero-order chi connectivity index (χ0) is 13.3. The summed E-state index contributed by atoms with van der Waals surface area (Å²) < 4.78 is 7.30. The summed E-state index contributed by atoms with van der Waals surface area (Å²) in [6, 6.07) is 6.36. The number of ether oxygens (including phenoxy) is 1. The normalized spacial score (nSPS) is 11.0. The number of aryl methyl sites for hydroxylation is 2. The van der Waals surface area contributed by atoms with E-state index in [1.54, 1.807) is 7.11 Å². The monoisotopic (exact) mass is 244 g/mol. The molecule has 3 heteroatoms. The molecule has 0 amide bonds. The predicted octanol–water partition coefficient (Wildman–Crippen LogP) is 3.53. The van der Waals surface area contributed by atoms with Crippen LogP contribution in [0.3, 0.4) is 0 Å². The fraction of sp³-hybridized carbons (Fsp3) is 0.400. The molecule has 0 N–H and O–H groups in total. The van der Waals surface area contributed by atoms with E-state index in [0.29, 0.717) is 5.92 Å². The van der Waals surface area contributed by atoms with Crippen molar-refractivity contribution >= 4 is 0 Å². The molecule has 0 bridgehead atoms. The molecular formula is C15H20N2O. The van der Waals surface area contributed by atoms with Crippen molar-refractivity contribution in [2.45, 2.75) is 26.7 Å². The van der Waals surface area contributed by atoms with E-state index >= 15 is 0 Å². The Balaban J connectivity index is 2.60. The summed E-state index contributed by atoms with van der Waals surface area (Å²) in [4.78, 5) is 0. The number of hydrogen-bond donors (Lipinski definition) is 0. The SMILES string of the molecule is COc1ccc(C(C)C)cc1-c1cn(C)nc1C. The summed E-state index contributed by atoms with van der Waals surface area (Å²) >= 11 is 0. The number of nitrogens with zero attached hydrogens (tertiary/aromatic N) is 2. The molecule has 0 atom stereocenters. The second kappa shape index (κ2) is 4.84. The minimum atomic E-state index is 0.506. The zero-order valence-electron chi connectivity index (χ0n) is 11.7. The first kappa shape index (κ1) is 12.7. The van der Waals surface area contributed by atoms with Crippen LogP contribution in [0.15, 0.2) is 24.4 Å². The van der Waals surface area contributed by atoms with Crippen molar-refractivity contribution < 1.29 is 4.74 Å². The van der Waals surface area contributed by atoms with E-state index in [1.807, 2.05) is 30.9 Å². The molecule has 1 aromatic heterocycles. The maximum Gasteiger partial charge on any atom is 0.126 e. The summed E-state index contributed by atoms with van der Waals surface area (Å²) in [5.74, 6) is 1.40. The Hall–Kier alpha value is -1.77. The standard InChI is InChI=1S/C15H20N2O/c1-10(2)12-6-7-15(18-5)13(8-12)14-9-17(4)16-11(14)3/h6-10H,1-5H3. The number of hydrogen-bond acceptors (Lipinski definition) is 2. The van der Waals surface area contributed by atoms with Gasteiger partial charge in [-0.05, 0) is 30.5 Å². The number of rotatable bonds is 3. The average Bonchev–Trinajstić information content (AvgIpc) is 2.67. The highest BCUT2D eigenvalue weighted by atomic mass is 16.5. The third kappa shape index (κ3) is 2.26. The molecule has 1 aromatic carbocycles. The Bertz CT molecular complexity index is 556. The Morgan fingerprint density at radius 3 is 2.44 bits per heavy atom. The zero-order valence-corrected chi connectivity index (χ0v) is 11.7. The van der Waals surface area contributed by atoms with Crippen molar-refractivity contribution in [1.29, 1.82) is 0 Å². The molecule has 96 valence electrons. The highest BCUT2D eigenvalue weighted by molar-refractivity contribution is 5.72. The molecule has 0 spiro atoms. The summed E-state index contributed by atoms with van der Waals surface area (Å²) in [5, 5.41) is 4.40. The van der Waals surface area contributed by atoms with Crippen LogP contribution in [0.25, 0.3) is 11.1 Å². The lowest BCUT2D eigenvalue weighted by molar-refractivity contribution is 0.416. The third-order valence-electron chi connectivity index (χ3n) is 3.19. The molecule has 0 unspecified atom stereocenters. The van der Waals surface area contributed by atoms with E-state index < -0.39 is 0 Å². The minimum Gasteiger partial charge on any atom is -0.496 e. The average molecular weight is 244 g/mol. The Labute approximate surface area is 108 Å². The molecular weight excluding hydrogens is 224 g/mol. The highest BCUT2D eigenvalue weighted by Crippen LogP contribution is 2.34. The molecule has 2 rings (SSSR count). The van der Waals surface area contributed by atoms with Gasteiger partial charge in [-0.25, -0.2) is 0 Å². The molecule has 0 radical (unpaired) electrons. The molecule has 1 heterocycles. The minimum absolute atomic E-state index is 0.506. The van der Waals surface area contributed by atoms with Gasteiger partial charge >= 0.3 is 0 Å². The Morgan fingerprint density at radius 2 is 1.94 bits per heavy atom. The van der Waals surface area contributed by atoms with Crippen LogP contribution < -0.4 is 4.74 Å². The summed E-state index contributed by atoms with van der Waals surface area (Å²) in [7, 11) is 3.65. The second-order valence-electron chi connectivity index (χ2n) is 4.92. The van der Waals surface area contributed by atoms with Crippen LogP contribution in [0.2, 0.25) is 0 Å². The van der Waals surface area contributed by atoms with Crippen LogP contribution in [0.1, 0.15) is 31.0 Å². The van der Waals surface area contributed by atoms with Crippen LogP contribution in [-0.4, -0.2) is 16.9 Å². The number of methoxy groups -OCH3 is 1. The van der Waals surface area contributed by atoms with Crippen molar-refractivity contribution in [3.63, 3.8) is 0 Å². The maximum atomic E-state index is 5.46. The fourth-order valence-electron chi connectivity index (χ4n) is 2.16. The molecule has 0 fully saturated rings. The Kier molecular flexibility index (Phi) is 3.41. The van der Waals surface area contributed by atoms with Crippen molar-refractivity contribution in [3.8, 4) is 16.9 Å². The van der Waals surface area contributed by atoms with Gasteiger partial charge in [0.1, 0.15) is 5.75 Å². The van der Waals surface area contributed by atoms with Gasteiger partial charge in [0, 0.05) is 24.4 Å². The molecule has 2 aromatic rings. The first-order valence-corrected chi connectivity index (χ1v) is 6.21. The molecule has 0 saturated carbocycles. The van der Waals surface area contributed by atoms with E-state index in [-0.39, 0.29) is 0 Å². The van der Waals surface area contributed by atoms with E-state index in [9.17, 15) is 0 Å². The van der Waals surface area contributed by atoms with Crippen LogP contribution >= 0.6 is 0 Å². The molecule has 0 aliphatic rings. The summed E-state index contributed by atoms with van der Waals surface area (Å²) in [5.41, 5.74) is 4.59. The van der Waals surface area contributed by atoms with Gasteiger partial charge in [-0.3, -0.25) is 4.68 Å². The second-order valence-corrected chi connectivity index (χ2v) is 4.92. The van der Waals surface area contributed by atoms with Crippen molar-refractivity contribution in [2.75, 3.05) is 7.11 Å². The van der Waals surface area contributed by atoms with Gasteiger partial charge in [0.05, 0.1) is 12.8 Å².